The van der Waals surface area contributed by atoms with Crippen LogP contribution in [-0.4, -0.2) is 32.2 Å². The van der Waals surface area contributed by atoms with E-state index in [-0.39, 0.29) is 11.4 Å². The van der Waals surface area contributed by atoms with Crippen LogP contribution in [0.4, 0.5) is 10.1 Å². The summed E-state index contributed by atoms with van der Waals surface area (Å²) in [6.45, 7) is 0. The zero-order valence-corrected chi connectivity index (χ0v) is 11.6. The van der Waals surface area contributed by atoms with Gasteiger partial charge < -0.3 is 4.74 Å². The molecule has 0 aromatic heterocycles. The summed E-state index contributed by atoms with van der Waals surface area (Å²) in [5.41, 5.74) is 0.0197. The van der Waals surface area contributed by atoms with E-state index in [2.05, 4.69) is 8.49 Å². The molecule has 1 aromatic rings. The maximum Gasteiger partial charge on any atom is 0.350 e. The van der Waals surface area contributed by atoms with Crippen LogP contribution in [0, 0.1) is 5.82 Å². The fourth-order valence-corrected chi connectivity index (χ4v) is 3.63. The van der Waals surface area contributed by atoms with Gasteiger partial charge in [-0.3, -0.25) is 4.72 Å². The fraction of sp³-hybridized carbons (Fsp3) is 0.333. The molecule has 1 aromatic carbocycles. The Bertz CT molecular complexity index is 655. The van der Waals surface area contributed by atoms with Crippen molar-refractivity contribution in [2.75, 3.05) is 24.3 Å². The Morgan fingerprint density at radius 2 is 1.89 bits per heavy atom. The van der Waals surface area contributed by atoms with Crippen molar-refractivity contribution in [1.82, 2.24) is 0 Å². The number of rotatable bonds is 4. The molecule has 0 bridgehead atoms. The quantitative estimate of drug-likeness (QED) is 0.905. The Labute approximate surface area is 106 Å². The molecule has 0 heterocycles. The monoisotopic (exact) mass is 296 g/mol. The van der Waals surface area contributed by atoms with Gasteiger partial charge in [-0.25, -0.2) is 8.60 Å². The van der Waals surface area contributed by atoms with Gasteiger partial charge in [0.05, 0.1) is 22.5 Å². The lowest BCUT2D eigenvalue weighted by Crippen LogP contribution is -2.12. The normalized spacial score (nSPS) is 12.0. The number of ether oxygens (including phenoxy) is 1. The molecule has 9 heteroatoms. The van der Waals surface area contributed by atoms with Gasteiger partial charge in [-0.15, -0.1) is 0 Å². The van der Waals surface area contributed by atoms with E-state index >= 15 is 0 Å². The topological polar surface area (TPSA) is 84.8 Å². The van der Waals surface area contributed by atoms with Gasteiger partial charge in [-0.05, 0) is 12.1 Å². The molecule has 0 fully saturated rings. The second kappa shape index (κ2) is 5.11. The van der Waals surface area contributed by atoms with Crippen molar-refractivity contribution >= 4 is 25.6 Å². The molecule has 0 radical (unpaired) electrons. The predicted molar refractivity (Wildman–Crippen MR) is 67.9 cm³/mol. The minimum atomic E-state index is -4.14. The van der Waals surface area contributed by atoms with Crippen molar-refractivity contribution < 1.29 is 21.8 Å². The highest BCUT2D eigenvalue weighted by molar-refractivity contribution is 8.03. The number of halogens is 1. The smallest absolute Gasteiger partial charge is 0.350 e. The second-order valence-corrected chi connectivity index (χ2v) is 7.79. The summed E-state index contributed by atoms with van der Waals surface area (Å²) in [5.74, 6) is -0.561. The van der Waals surface area contributed by atoms with E-state index in [1.807, 2.05) is 0 Å². The summed E-state index contributed by atoms with van der Waals surface area (Å²) in [6, 6.07) is 3.27. The molecule has 0 aliphatic rings. The summed E-state index contributed by atoms with van der Waals surface area (Å²) in [4.78, 5) is 0. The van der Waals surface area contributed by atoms with E-state index in [0.717, 1.165) is 12.1 Å². The number of nitrogens with one attached hydrogen (secondary N) is 1. The van der Waals surface area contributed by atoms with E-state index in [1.165, 1.54) is 25.7 Å². The fourth-order valence-electron chi connectivity index (χ4n) is 1.14. The van der Waals surface area contributed by atoms with Gasteiger partial charge in [0, 0.05) is 18.6 Å². The summed E-state index contributed by atoms with van der Waals surface area (Å²) >= 11 is 0. The van der Waals surface area contributed by atoms with Crippen LogP contribution >= 0.6 is 0 Å². The lowest BCUT2D eigenvalue weighted by atomic mass is 10.3. The van der Waals surface area contributed by atoms with Gasteiger partial charge >= 0.3 is 10.2 Å². The maximum atomic E-state index is 12.9. The molecule has 0 saturated heterocycles. The molecule has 0 unspecified atom stereocenters. The van der Waals surface area contributed by atoms with Crippen LogP contribution in [0.3, 0.4) is 0 Å². The Morgan fingerprint density at radius 3 is 2.39 bits per heavy atom. The molecule has 0 aliphatic carbocycles. The number of methoxy groups -OCH3 is 1. The Hall–Kier alpha value is -1.35. The van der Waals surface area contributed by atoms with Crippen molar-refractivity contribution in [3.63, 3.8) is 0 Å². The van der Waals surface area contributed by atoms with Gasteiger partial charge in [0.25, 0.3) is 0 Å². The first-order valence-electron chi connectivity index (χ1n) is 4.68. The van der Waals surface area contributed by atoms with E-state index in [1.54, 1.807) is 0 Å². The van der Waals surface area contributed by atoms with Crippen molar-refractivity contribution in [3.8, 4) is 5.75 Å². The van der Waals surface area contributed by atoms with Crippen LogP contribution in [-0.2, 0) is 19.9 Å². The lowest BCUT2D eigenvalue weighted by Gasteiger charge is -2.09. The van der Waals surface area contributed by atoms with Gasteiger partial charge in [0.15, 0.2) is 0 Å². The standard InChI is InChI=1S/C9H13FN2O4S2/c1-16-9-6-7(10)4-5-8(9)11-18(14,15)12-17(2,3)13/h4-6,11H,1-3H3. The maximum absolute atomic E-state index is 12.9. The van der Waals surface area contributed by atoms with Gasteiger partial charge in [-0.2, -0.15) is 8.42 Å². The first-order valence-corrected chi connectivity index (χ1v) is 8.45. The number of hydrogen-bond acceptors (Lipinski definition) is 4. The largest absolute Gasteiger partial charge is 0.494 e. The SMILES string of the molecule is COc1cc(F)ccc1NS(=O)(=O)N=S(C)(C)=O. The number of hydrogen-bond donors (Lipinski definition) is 1. The van der Waals surface area contributed by atoms with Crippen molar-refractivity contribution in [3.05, 3.63) is 24.0 Å². The first kappa shape index (κ1) is 14.7. The third kappa shape index (κ3) is 4.49. The Balaban J connectivity index is 3.17. The number of anilines is 1. The summed E-state index contributed by atoms with van der Waals surface area (Å²) in [6.07, 6.45) is 2.38. The highest BCUT2D eigenvalue weighted by Gasteiger charge is 2.14. The molecular weight excluding hydrogens is 283 g/mol. The minimum absolute atomic E-state index is 0.00693. The molecule has 18 heavy (non-hydrogen) atoms. The summed E-state index contributed by atoms with van der Waals surface area (Å²) in [7, 11) is -5.69. The molecule has 0 amide bonds. The molecule has 1 N–H and O–H groups in total. The predicted octanol–water partition coefficient (Wildman–Crippen LogP) is 1.22. The zero-order chi connectivity index (χ0) is 14.0. The highest BCUT2D eigenvalue weighted by Crippen LogP contribution is 2.26. The van der Waals surface area contributed by atoms with E-state index in [4.69, 9.17) is 4.74 Å². The van der Waals surface area contributed by atoms with Crippen molar-refractivity contribution in [2.45, 2.75) is 0 Å². The number of benzene rings is 1. The average molecular weight is 296 g/mol. The van der Waals surface area contributed by atoms with E-state index in [0.29, 0.717) is 0 Å². The lowest BCUT2D eigenvalue weighted by molar-refractivity contribution is 0.413. The van der Waals surface area contributed by atoms with Gasteiger partial charge in [0.2, 0.25) is 0 Å². The minimum Gasteiger partial charge on any atom is -0.494 e. The molecule has 0 spiro atoms. The van der Waals surface area contributed by atoms with Crippen molar-refractivity contribution in [2.24, 2.45) is 3.77 Å². The van der Waals surface area contributed by atoms with Crippen LogP contribution in [0.1, 0.15) is 0 Å². The molecule has 6 nitrogen and oxygen atoms in total. The summed E-state index contributed by atoms with van der Waals surface area (Å²) < 4.78 is 57.4. The first-order chi connectivity index (χ1) is 8.13. The highest BCUT2D eigenvalue weighted by atomic mass is 32.3. The van der Waals surface area contributed by atoms with Crippen LogP contribution < -0.4 is 9.46 Å². The van der Waals surface area contributed by atoms with Gasteiger partial charge in [-0.1, -0.05) is 3.77 Å². The Kier molecular flexibility index (Phi) is 4.17. The number of nitrogens with zero attached hydrogens (tertiary/aromatic N) is 1. The molecule has 0 aliphatic heterocycles. The third-order valence-electron chi connectivity index (χ3n) is 1.68. The Morgan fingerprint density at radius 1 is 1.28 bits per heavy atom. The van der Waals surface area contributed by atoms with Crippen LogP contribution in [0.5, 0.6) is 5.75 Å². The molecular formula is C9H13FN2O4S2. The van der Waals surface area contributed by atoms with Crippen LogP contribution in [0.15, 0.2) is 22.0 Å². The molecule has 102 valence electrons. The molecule has 1 rings (SSSR count). The molecule has 0 atom stereocenters. The average Bonchev–Trinajstić information content (AvgIpc) is 2.16. The molecule has 0 saturated carbocycles. The third-order valence-corrected chi connectivity index (χ3v) is 4.38. The van der Waals surface area contributed by atoms with Gasteiger partial charge in [0.1, 0.15) is 11.6 Å². The van der Waals surface area contributed by atoms with E-state index in [9.17, 15) is 17.0 Å². The van der Waals surface area contributed by atoms with Crippen molar-refractivity contribution in [1.29, 1.82) is 0 Å². The zero-order valence-electron chi connectivity index (χ0n) is 10.0. The second-order valence-electron chi connectivity index (χ2n) is 3.68. The van der Waals surface area contributed by atoms with Crippen LogP contribution in [0.2, 0.25) is 0 Å². The van der Waals surface area contributed by atoms with Crippen LogP contribution in [0.25, 0.3) is 0 Å². The summed E-state index contributed by atoms with van der Waals surface area (Å²) in [5, 5.41) is 0. The van der Waals surface area contributed by atoms with E-state index < -0.39 is 25.8 Å².